The number of aryl methyl sites for hydroxylation is 2. The highest BCUT2D eigenvalue weighted by Gasteiger charge is 2.45. The number of hydrogen-bond acceptors (Lipinski definition) is 2. The van der Waals surface area contributed by atoms with Crippen LogP contribution in [-0.4, -0.2) is 15.7 Å². The fourth-order valence-electron chi connectivity index (χ4n) is 2.67. The van der Waals surface area contributed by atoms with Gasteiger partial charge in [-0.25, -0.2) is 0 Å². The van der Waals surface area contributed by atoms with Crippen molar-refractivity contribution < 1.29 is 4.79 Å². The molecule has 1 aromatic carbocycles. The number of nitrogens with zero attached hydrogens (tertiary/aromatic N) is 2. The molecule has 5 heteroatoms. The van der Waals surface area contributed by atoms with E-state index in [1.807, 2.05) is 32.0 Å². The van der Waals surface area contributed by atoms with E-state index in [4.69, 9.17) is 0 Å². The van der Waals surface area contributed by atoms with Gasteiger partial charge in [0, 0.05) is 10.2 Å². The number of amides is 1. The SMILES string of the molecule is Cc1cc(C)n(CC(=O)NC2(c3cccc(Br)c3)CC2)n1. The average Bonchev–Trinajstić information content (AvgIpc) is 3.11. The Kier molecular flexibility index (Phi) is 3.61. The van der Waals surface area contributed by atoms with Crippen LogP contribution in [0.25, 0.3) is 0 Å². The van der Waals surface area contributed by atoms with Gasteiger partial charge in [-0.1, -0.05) is 28.1 Å². The largest absolute Gasteiger partial charge is 0.345 e. The Morgan fingerprint density at radius 3 is 2.71 bits per heavy atom. The zero-order chi connectivity index (χ0) is 15.0. The van der Waals surface area contributed by atoms with Crippen LogP contribution in [-0.2, 0) is 16.9 Å². The molecule has 21 heavy (non-hydrogen) atoms. The van der Waals surface area contributed by atoms with Gasteiger partial charge < -0.3 is 5.32 Å². The Morgan fingerprint density at radius 2 is 2.14 bits per heavy atom. The fraction of sp³-hybridized carbons (Fsp3) is 0.375. The van der Waals surface area contributed by atoms with Gasteiger partial charge in [0.05, 0.1) is 11.2 Å². The second-order valence-corrected chi connectivity index (χ2v) is 6.64. The molecule has 0 saturated heterocycles. The smallest absolute Gasteiger partial charge is 0.242 e. The fourth-order valence-corrected chi connectivity index (χ4v) is 3.07. The average molecular weight is 348 g/mol. The summed E-state index contributed by atoms with van der Waals surface area (Å²) in [6.45, 7) is 4.18. The molecule has 1 heterocycles. The Hall–Kier alpha value is -1.62. The maximum absolute atomic E-state index is 12.3. The van der Waals surface area contributed by atoms with Gasteiger partial charge in [-0.05, 0) is 50.5 Å². The zero-order valence-corrected chi connectivity index (χ0v) is 13.8. The van der Waals surface area contributed by atoms with E-state index in [9.17, 15) is 4.79 Å². The minimum atomic E-state index is -0.184. The van der Waals surface area contributed by atoms with Crippen LogP contribution < -0.4 is 5.32 Å². The summed E-state index contributed by atoms with van der Waals surface area (Å²) in [5, 5.41) is 7.51. The first kappa shape index (κ1) is 14.3. The Bertz CT molecular complexity index is 689. The van der Waals surface area contributed by atoms with Crippen LogP contribution in [0.3, 0.4) is 0 Å². The number of carbonyl (C=O) groups is 1. The van der Waals surface area contributed by atoms with E-state index in [-0.39, 0.29) is 18.0 Å². The number of rotatable bonds is 4. The normalized spacial score (nSPS) is 15.8. The summed E-state index contributed by atoms with van der Waals surface area (Å²) in [6.07, 6.45) is 1.98. The topological polar surface area (TPSA) is 46.9 Å². The molecule has 0 atom stereocenters. The third-order valence-corrected chi connectivity index (χ3v) is 4.40. The van der Waals surface area contributed by atoms with Crippen LogP contribution in [0.1, 0.15) is 29.8 Å². The summed E-state index contributed by atoms with van der Waals surface area (Å²) < 4.78 is 2.79. The highest BCUT2D eigenvalue weighted by Crippen LogP contribution is 2.45. The standard InChI is InChI=1S/C16H18BrN3O/c1-11-8-12(2)20(19-11)10-15(21)18-16(6-7-16)13-4-3-5-14(17)9-13/h3-5,8-9H,6-7,10H2,1-2H3,(H,18,21). The zero-order valence-electron chi connectivity index (χ0n) is 12.2. The minimum Gasteiger partial charge on any atom is -0.345 e. The highest BCUT2D eigenvalue weighted by molar-refractivity contribution is 9.10. The van der Waals surface area contributed by atoms with Gasteiger partial charge in [0.1, 0.15) is 6.54 Å². The second-order valence-electron chi connectivity index (χ2n) is 5.73. The molecule has 0 unspecified atom stereocenters. The van der Waals surface area contributed by atoms with Crippen LogP contribution in [0.5, 0.6) is 0 Å². The van der Waals surface area contributed by atoms with E-state index in [1.165, 1.54) is 5.56 Å². The molecule has 110 valence electrons. The van der Waals surface area contributed by atoms with E-state index in [0.29, 0.717) is 0 Å². The molecule has 0 spiro atoms. The molecule has 1 fully saturated rings. The summed E-state index contributed by atoms with van der Waals surface area (Å²) >= 11 is 3.49. The van der Waals surface area contributed by atoms with Crippen molar-refractivity contribution in [3.8, 4) is 0 Å². The third kappa shape index (κ3) is 3.02. The number of hydrogen-bond donors (Lipinski definition) is 1. The Balaban J connectivity index is 1.71. The lowest BCUT2D eigenvalue weighted by Crippen LogP contribution is -2.37. The van der Waals surface area contributed by atoms with Crippen molar-refractivity contribution >= 4 is 21.8 Å². The van der Waals surface area contributed by atoms with Gasteiger partial charge in [0.15, 0.2) is 0 Å². The van der Waals surface area contributed by atoms with Crippen molar-refractivity contribution in [3.05, 3.63) is 51.8 Å². The Labute approximate surface area is 132 Å². The van der Waals surface area contributed by atoms with Crippen molar-refractivity contribution in [1.82, 2.24) is 15.1 Å². The molecule has 3 rings (SSSR count). The van der Waals surface area contributed by atoms with Crippen molar-refractivity contribution in [3.63, 3.8) is 0 Å². The van der Waals surface area contributed by atoms with E-state index < -0.39 is 0 Å². The predicted octanol–water partition coefficient (Wildman–Crippen LogP) is 3.07. The summed E-state index contributed by atoms with van der Waals surface area (Å²) in [4.78, 5) is 12.3. The van der Waals surface area contributed by atoms with E-state index in [1.54, 1.807) is 4.68 Å². The van der Waals surface area contributed by atoms with Gasteiger partial charge >= 0.3 is 0 Å². The van der Waals surface area contributed by atoms with Crippen LogP contribution in [0.2, 0.25) is 0 Å². The number of halogens is 1. The molecule has 1 N–H and O–H groups in total. The summed E-state index contributed by atoms with van der Waals surface area (Å²) in [5.74, 6) is 0.0127. The minimum absolute atomic E-state index is 0.0127. The molecule has 1 amide bonds. The molecule has 0 bridgehead atoms. The first-order chi connectivity index (χ1) is 9.98. The van der Waals surface area contributed by atoms with Gasteiger partial charge in [0.25, 0.3) is 0 Å². The second kappa shape index (κ2) is 5.30. The molecule has 0 radical (unpaired) electrons. The van der Waals surface area contributed by atoms with Crippen molar-refractivity contribution in [1.29, 1.82) is 0 Å². The lowest BCUT2D eigenvalue weighted by molar-refractivity contribution is -0.122. The quantitative estimate of drug-likeness (QED) is 0.923. The molecule has 1 aliphatic rings. The number of benzene rings is 1. The monoisotopic (exact) mass is 347 g/mol. The number of aromatic nitrogens is 2. The lowest BCUT2D eigenvalue weighted by Gasteiger charge is -2.18. The van der Waals surface area contributed by atoms with Crippen LogP contribution in [0.15, 0.2) is 34.8 Å². The van der Waals surface area contributed by atoms with E-state index >= 15 is 0 Å². The van der Waals surface area contributed by atoms with Gasteiger partial charge in [-0.15, -0.1) is 0 Å². The number of carbonyl (C=O) groups excluding carboxylic acids is 1. The van der Waals surface area contributed by atoms with Crippen LogP contribution in [0, 0.1) is 13.8 Å². The molecule has 1 saturated carbocycles. The van der Waals surface area contributed by atoms with Crippen molar-refractivity contribution in [2.45, 2.75) is 38.8 Å². The van der Waals surface area contributed by atoms with Crippen molar-refractivity contribution in [2.24, 2.45) is 0 Å². The third-order valence-electron chi connectivity index (χ3n) is 3.90. The van der Waals surface area contributed by atoms with Gasteiger partial charge in [0.2, 0.25) is 5.91 Å². The van der Waals surface area contributed by atoms with Gasteiger partial charge in [-0.2, -0.15) is 5.10 Å². The predicted molar refractivity (Wildman–Crippen MR) is 84.9 cm³/mol. The molecular weight excluding hydrogens is 330 g/mol. The molecule has 4 nitrogen and oxygen atoms in total. The lowest BCUT2D eigenvalue weighted by atomic mass is 10.1. The maximum Gasteiger partial charge on any atom is 0.242 e. The maximum atomic E-state index is 12.3. The first-order valence-electron chi connectivity index (χ1n) is 7.07. The molecule has 1 aliphatic carbocycles. The highest BCUT2D eigenvalue weighted by atomic mass is 79.9. The summed E-state index contributed by atoms with van der Waals surface area (Å²) in [5.41, 5.74) is 2.93. The van der Waals surface area contributed by atoms with E-state index in [2.05, 4.69) is 38.5 Å². The molecular formula is C16H18BrN3O. The first-order valence-corrected chi connectivity index (χ1v) is 7.86. The van der Waals surface area contributed by atoms with Gasteiger partial charge in [-0.3, -0.25) is 9.48 Å². The summed E-state index contributed by atoms with van der Waals surface area (Å²) in [7, 11) is 0. The van der Waals surface area contributed by atoms with Crippen LogP contribution in [0.4, 0.5) is 0 Å². The summed E-state index contributed by atoms with van der Waals surface area (Å²) in [6, 6.07) is 10.1. The molecule has 1 aromatic heterocycles. The molecule has 2 aromatic rings. The Morgan fingerprint density at radius 1 is 1.38 bits per heavy atom. The molecule has 0 aliphatic heterocycles. The van der Waals surface area contributed by atoms with Crippen LogP contribution >= 0.6 is 15.9 Å². The van der Waals surface area contributed by atoms with E-state index in [0.717, 1.165) is 28.7 Å². The van der Waals surface area contributed by atoms with Crippen molar-refractivity contribution in [2.75, 3.05) is 0 Å². The number of nitrogens with one attached hydrogen (secondary N) is 1.